The normalized spacial score (nSPS) is 18.7. The first-order valence-corrected chi connectivity index (χ1v) is 9.34. The molecular weight excluding hydrogens is 298 g/mol. The van der Waals surface area contributed by atoms with Gasteiger partial charge in [-0.2, -0.15) is 0 Å². The Morgan fingerprint density at radius 2 is 1.33 bits per heavy atom. The van der Waals surface area contributed by atoms with Crippen LogP contribution in [0.25, 0.3) is 0 Å². The van der Waals surface area contributed by atoms with Crippen LogP contribution in [-0.4, -0.2) is 28.7 Å². The summed E-state index contributed by atoms with van der Waals surface area (Å²) in [6, 6.07) is 0. The predicted octanol–water partition coefficient (Wildman–Crippen LogP) is -1.32. The van der Waals surface area contributed by atoms with Gasteiger partial charge in [-0.25, -0.2) is 9.13 Å². The number of hydrogen-bond donors (Lipinski definition) is 5. The zero-order valence-corrected chi connectivity index (χ0v) is 10.1. The van der Waals surface area contributed by atoms with Crippen LogP contribution in [0.4, 0.5) is 0 Å². The third-order valence-corrected chi connectivity index (χ3v) is 10.0. The van der Waals surface area contributed by atoms with Gasteiger partial charge in [-0.05, 0) is 0 Å². The molecule has 0 heterocycles. The third kappa shape index (κ3) is 3.49. The van der Waals surface area contributed by atoms with Crippen LogP contribution in [0.15, 0.2) is 0 Å². The van der Waals surface area contributed by atoms with Gasteiger partial charge in [-0.3, -0.25) is 4.57 Å². The molecule has 2 unspecified atom stereocenters. The second-order valence-electron chi connectivity index (χ2n) is 2.05. The molecule has 0 fully saturated rings. The van der Waals surface area contributed by atoms with Gasteiger partial charge in [0.2, 0.25) is 0 Å². The molecule has 5 N–H and O–H groups in total. The van der Waals surface area contributed by atoms with E-state index < -0.39 is 34.6 Å². The van der Waals surface area contributed by atoms with Gasteiger partial charge in [-0.1, -0.05) is 4.57 Å². The molecule has 0 aliphatic rings. The highest BCUT2D eigenvalue weighted by Gasteiger charge is 2.61. The highest BCUT2D eigenvalue weighted by Crippen LogP contribution is 2.83. The van der Waals surface area contributed by atoms with Gasteiger partial charge in [-0.15, -0.1) is 0 Å². The van der Waals surface area contributed by atoms with Crippen molar-refractivity contribution in [1.82, 2.24) is 4.21 Å². The van der Waals surface area contributed by atoms with Gasteiger partial charge in [0.25, 0.3) is 0 Å². The lowest BCUT2D eigenvalue weighted by Gasteiger charge is -2.19. The largest absolute Gasteiger partial charge is 0.577 e. The highest BCUT2D eigenvalue weighted by molar-refractivity contribution is 8.30. The Kier molecular flexibility index (Phi) is 4.56. The second kappa shape index (κ2) is 4.41. The molecule has 0 aromatic heterocycles. The molecule has 0 rings (SSSR count). The molecule has 0 radical (unpaired) electrons. The predicted molar refractivity (Wildman–Crippen MR) is 43.4 cm³/mol. The van der Waals surface area contributed by atoms with E-state index in [1.165, 1.54) is 0 Å². The zero-order valence-electron chi connectivity index (χ0n) is 6.51. The fourth-order valence-electron chi connectivity index (χ4n) is 0.446. The first-order chi connectivity index (χ1) is 6.32. The third-order valence-electron chi connectivity index (χ3n) is 0.952. The fourth-order valence-corrected chi connectivity index (χ4v) is 7.42. The van der Waals surface area contributed by atoms with E-state index in [4.69, 9.17) is 24.5 Å². The van der Waals surface area contributed by atoms with Crippen LogP contribution in [0, 0.1) is 0 Å². The summed E-state index contributed by atoms with van der Waals surface area (Å²) in [7, 11) is -22.1. The first-order valence-electron chi connectivity index (χ1n) is 2.71. The topological polar surface area (TPSA) is 196 Å². The minimum absolute atomic E-state index is 1.41. The minimum atomic E-state index is -6.02. The average molecular weight is 303 g/mol. The monoisotopic (exact) mass is 303 g/mol. The van der Waals surface area contributed by atoms with E-state index in [1.54, 1.807) is 0 Å². The molecule has 0 saturated heterocycles. The van der Waals surface area contributed by atoms with E-state index in [2.05, 4.69) is 0 Å². The molecular formula is H5NO10P4. The van der Waals surface area contributed by atoms with Crippen molar-refractivity contribution in [3.63, 3.8) is 0 Å². The summed E-state index contributed by atoms with van der Waals surface area (Å²) in [5.74, 6) is 0. The minimum Gasteiger partial charge on any atom is -0.577 e. The number of nitrogens with zero attached hydrogens (tertiary/aromatic N) is 1. The molecule has 15 heavy (non-hydrogen) atoms. The van der Waals surface area contributed by atoms with E-state index in [0.29, 0.717) is 0 Å². The average Bonchev–Trinajstić information content (AvgIpc) is 1.76. The molecule has 0 amide bonds. The fraction of sp³-hybridized carbons (Fsp3) is 0. The van der Waals surface area contributed by atoms with Crippen molar-refractivity contribution in [2.24, 2.45) is 0 Å². The van der Waals surface area contributed by atoms with Gasteiger partial charge in [0, 0.05) is 0 Å². The first kappa shape index (κ1) is 15.5. The van der Waals surface area contributed by atoms with Gasteiger partial charge in [0.15, 0.2) is 0 Å². The molecule has 0 aromatic carbocycles. The molecule has 0 aliphatic heterocycles. The maximum absolute atomic E-state index is 10.9. The van der Waals surface area contributed by atoms with Crippen LogP contribution >= 0.6 is 30.4 Å². The second-order valence-corrected chi connectivity index (χ2v) is 10.9. The summed E-state index contributed by atoms with van der Waals surface area (Å²) >= 11 is 0. The van der Waals surface area contributed by atoms with Crippen molar-refractivity contribution in [3.8, 4) is 0 Å². The van der Waals surface area contributed by atoms with Crippen LogP contribution in [0.5, 0.6) is 0 Å². The lowest BCUT2D eigenvalue weighted by atomic mass is 13.8. The SMILES string of the molecule is O=[P+]([O-])N(P(=O)(O)O)P(=O)(O)P(=O)(O)O. The molecule has 2 atom stereocenters. The molecule has 0 spiro atoms. The maximum Gasteiger partial charge on any atom is 0.452 e. The summed E-state index contributed by atoms with van der Waals surface area (Å²) < 4.78 is 40.5. The van der Waals surface area contributed by atoms with Crippen LogP contribution < -0.4 is 4.89 Å². The van der Waals surface area contributed by atoms with Gasteiger partial charge in [0.05, 0.1) is 4.21 Å². The Balaban J connectivity index is 5.72. The summed E-state index contributed by atoms with van der Waals surface area (Å²) in [5.41, 5.74) is 0. The van der Waals surface area contributed by atoms with Crippen LogP contribution in [0.1, 0.15) is 0 Å². The van der Waals surface area contributed by atoms with E-state index in [0.717, 1.165) is 0 Å². The highest BCUT2D eigenvalue weighted by atomic mass is 32.1. The Labute approximate surface area is 83.1 Å². The van der Waals surface area contributed by atoms with E-state index >= 15 is 0 Å². The van der Waals surface area contributed by atoms with E-state index in [9.17, 15) is 23.2 Å². The van der Waals surface area contributed by atoms with Gasteiger partial charge < -0.3 is 29.4 Å². The van der Waals surface area contributed by atoms with Gasteiger partial charge in [0.1, 0.15) is 0 Å². The van der Waals surface area contributed by atoms with Crippen molar-refractivity contribution >= 4 is 30.4 Å². The lowest BCUT2D eigenvalue weighted by Crippen LogP contribution is -2.13. The summed E-state index contributed by atoms with van der Waals surface area (Å²) in [6.45, 7) is 0. The van der Waals surface area contributed by atoms with Crippen LogP contribution in [0.2, 0.25) is 0 Å². The standard InChI is InChI=1S/H5NO10P4/c2-12(3)1(13(4,5)6)14(7,8)15(9,10)11/h(H,7,8)(H2,4,5,6)(H2,9,10,11). The quantitative estimate of drug-likeness (QED) is 0.386. The van der Waals surface area contributed by atoms with Crippen molar-refractivity contribution in [1.29, 1.82) is 0 Å². The van der Waals surface area contributed by atoms with E-state index in [-0.39, 0.29) is 0 Å². The Hall–Kier alpha value is 0.510. The van der Waals surface area contributed by atoms with E-state index in [1.807, 2.05) is 0 Å². The summed E-state index contributed by atoms with van der Waals surface area (Å²) in [4.78, 5) is 52.1. The van der Waals surface area contributed by atoms with Crippen molar-refractivity contribution in [2.45, 2.75) is 0 Å². The van der Waals surface area contributed by atoms with Crippen LogP contribution in [0.3, 0.4) is 0 Å². The molecule has 0 saturated carbocycles. The van der Waals surface area contributed by atoms with Crippen molar-refractivity contribution < 1.29 is 47.6 Å². The van der Waals surface area contributed by atoms with Crippen molar-refractivity contribution in [3.05, 3.63) is 0 Å². The Bertz CT molecular complexity index is 396. The summed E-state index contributed by atoms with van der Waals surface area (Å²) in [6.07, 6.45) is 0. The maximum atomic E-state index is 10.9. The lowest BCUT2D eigenvalue weighted by molar-refractivity contribution is -0.169. The number of hydrogen-bond acceptors (Lipinski definition) is 5. The molecule has 0 aliphatic carbocycles. The number of rotatable bonds is 4. The van der Waals surface area contributed by atoms with Gasteiger partial charge >= 0.3 is 30.4 Å². The molecule has 90 valence electrons. The molecule has 11 nitrogen and oxygen atoms in total. The molecule has 0 aromatic rings. The smallest absolute Gasteiger partial charge is 0.452 e. The van der Waals surface area contributed by atoms with Crippen LogP contribution in [-0.2, 0) is 18.3 Å². The summed E-state index contributed by atoms with van der Waals surface area (Å²) in [5, 5.41) is 0. The van der Waals surface area contributed by atoms with Crippen molar-refractivity contribution in [2.75, 3.05) is 0 Å². The zero-order chi connectivity index (χ0) is 12.7. The molecule has 0 bridgehead atoms. The molecule has 15 heteroatoms. The Morgan fingerprint density at radius 1 is 1.00 bits per heavy atom. The Morgan fingerprint density at radius 3 is 1.40 bits per heavy atom.